The third kappa shape index (κ3) is 1.41. The predicted molar refractivity (Wildman–Crippen MR) is 59.6 cm³/mol. The van der Waals surface area contributed by atoms with Gasteiger partial charge in [-0.3, -0.25) is 0 Å². The highest BCUT2D eigenvalue weighted by Crippen LogP contribution is 2.37. The second-order valence-corrected chi connectivity index (χ2v) is 3.80. The topological polar surface area (TPSA) is 0 Å². The minimum atomic E-state index is 0.351. The third-order valence-corrected chi connectivity index (χ3v) is 3.28. The van der Waals surface area contributed by atoms with E-state index >= 15 is 0 Å². The standard InChI is InChI=1S/C13H18/c1-7-13-11(5)9(3)8(2)10(4)12(13)6/h7,13H,1,5H2,2-4,6H3. The minimum absolute atomic E-state index is 0.351. The van der Waals surface area contributed by atoms with Crippen LogP contribution in [0.2, 0.25) is 0 Å². The summed E-state index contributed by atoms with van der Waals surface area (Å²) in [6.45, 7) is 16.6. The summed E-state index contributed by atoms with van der Waals surface area (Å²) in [7, 11) is 0. The number of rotatable bonds is 1. The molecule has 0 bridgehead atoms. The molecule has 0 N–H and O–H groups in total. The van der Waals surface area contributed by atoms with E-state index < -0.39 is 0 Å². The molecule has 0 fully saturated rings. The smallest absolute Gasteiger partial charge is 0.0225 e. The quantitative estimate of drug-likeness (QED) is 0.526. The lowest BCUT2D eigenvalue weighted by Gasteiger charge is -2.27. The summed E-state index contributed by atoms with van der Waals surface area (Å²) in [6.07, 6.45) is 1.98. The van der Waals surface area contributed by atoms with E-state index in [2.05, 4.69) is 40.9 Å². The summed E-state index contributed by atoms with van der Waals surface area (Å²) in [5, 5.41) is 0. The fourth-order valence-corrected chi connectivity index (χ4v) is 1.86. The van der Waals surface area contributed by atoms with E-state index in [0.29, 0.717) is 5.92 Å². The van der Waals surface area contributed by atoms with Gasteiger partial charge < -0.3 is 0 Å². The van der Waals surface area contributed by atoms with E-state index in [9.17, 15) is 0 Å². The van der Waals surface area contributed by atoms with Gasteiger partial charge in [0.05, 0.1) is 0 Å². The van der Waals surface area contributed by atoms with Crippen molar-refractivity contribution in [3.8, 4) is 0 Å². The van der Waals surface area contributed by atoms with Crippen LogP contribution in [0.5, 0.6) is 0 Å². The van der Waals surface area contributed by atoms with Crippen LogP contribution in [0.3, 0.4) is 0 Å². The van der Waals surface area contributed by atoms with Gasteiger partial charge in [0.2, 0.25) is 0 Å². The van der Waals surface area contributed by atoms with E-state index in [4.69, 9.17) is 0 Å². The molecule has 1 unspecified atom stereocenters. The summed E-state index contributed by atoms with van der Waals surface area (Å²) >= 11 is 0. The Kier molecular flexibility index (Phi) is 2.60. The van der Waals surface area contributed by atoms with Crippen molar-refractivity contribution in [2.45, 2.75) is 27.7 Å². The highest BCUT2D eigenvalue weighted by Gasteiger charge is 2.21. The first kappa shape index (κ1) is 10.0. The molecule has 0 spiro atoms. The molecule has 0 heterocycles. The molecule has 0 aromatic heterocycles. The fourth-order valence-electron chi connectivity index (χ4n) is 1.86. The van der Waals surface area contributed by atoms with Crippen LogP contribution in [-0.4, -0.2) is 0 Å². The van der Waals surface area contributed by atoms with E-state index in [0.717, 1.165) is 0 Å². The van der Waals surface area contributed by atoms with Crippen molar-refractivity contribution >= 4 is 0 Å². The summed E-state index contributed by atoms with van der Waals surface area (Å²) in [5.74, 6) is 0.351. The van der Waals surface area contributed by atoms with Crippen molar-refractivity contribution in [1.82, 2.24) is 0 Å². The van der Waals surface area contributed by atoms with Gasteiger partial charge in [-0.1, -0.05) is 18.2 Å². The minimum Gasteiger partial charge on any atom is -0.102 e. The largest absolute Gasteiger partial charge is 0.102 e. The molecule has 0 aromatic carbocycles. The monoisotopic (exact) mass is 174 g/mol. The Bertz CT molecular complexity index is 324. The number of hydrogen-bond acceptors (Lipinski definition) is 0. The first-order valence-corrected chi connectivity index (χ1v) is 4.67. The maximum Gasteiger partial charge on any atom is 0.0225 e. The molecule has 1 atom stereocenters. The fraction of sp³-hybridized carbons (Fsp3) is 0.385. The van der Waals surface area contributed by atoms with E-state index in [-0.39, 0.29) is 0 Å². The zero-order valence-electron chi connectivity index (χ0n) is 9.07. The van der Waals surface area contributed by atoms with Crippen molar-refractivity contribution < 1.29 is 0 Å². The van der Waals surface area contributed by atoms with Crippen molar-refractivity contribution in [2.75, 3.05) is 0 Å². The molecule has 70 valence electrons. The second kappa shape index (κ2) is 3.37. The Balaban J connectivity index is 3.31. The average Bonchev–Trinajstić information content (AvgIpc) is 2.13. The van der Waals surface area contributed by atoms with Crippen molar-refractivity contribution in [3.63, 3.8) is 0 Å². The zero-order chi connectivity index (χ0) is 10.2. The molecule has 1 aliphatic carbocycles. The third-order valence-electron chi connectivity index (χ3n) is 3.28. The molecule has 0 saturated carbocycles. The molecular formula is C13H18. The first-order valence-electron chi connectivity index (χ1n) is 4.67. The molecule has 13 heavy (non-hydrogen) atoms. The lowest BCUT2D eigenvalue weighted by atomic mass is 9.78. The van der Waals surface area contributed by atoms with Gasteiger partial charge in [-0.25, -0.2) is 0 Å². The lowest BCUT2D eigenvalue weighted by Crippen LogP contribution is -2.11. The van der Waals surface area contributed by atoms with Gasteiger partial charge in [0.15, 0.2) is 0 Å². The number of hydrogen-bond donors (Lipinski definition) is 0. The van der Waals surface area contributed by atoms with Gasteiger partial charge in [0.25, 0.3) is 0 Å². The van der Waals surface area contributed by atoms with Crippen LogP contribution in [0, 0.1) is 5.92 Å². The van der Waals surface area contributed by atoms with Gasteiger partial charge in [0.1, 0.15) is 0 Å². The number of allylic oxidation sites excluding steroid dienone is 6. The summed E-state index contributed by atoms with van der Waals surface area (Å²) in [6, 6.07) is 0. The van der Waals surface area contributed by atoms with Gasteiger partial charge in [-0.05, 0) is 50.0 Å². The Labute approximate surface area is 81.4 Å². The molecule has 0 aromatic rings. The van der Waals surface area contributed by atoms with Crippen LogP contribution < -0.4 is 0 Å². The van der Waals surface area contributed by atoms with Gasteiger partial charge in [-0.15, -0.1) is 6.58 Å². The molecule has 0 amide bonds. The van der Waals surface area contributed by atoms with E-state index in [1.807, 2.05) is 6.08 Å². The Morgan fingerprint density at radius 2 is 1.54 bits per heavy atom. The van der Waals surface area contributed by atoms with Gasteiger partial charge in [0, 0.05) is 5.92 Å². The zero-order valence-corrected chi connectivity index (χ0v) is 9.07. The van der Waals surface area contributed by atoms with Crippen molar-refractivity contribution in [2.24, 2.45) is 5.92 Å². The van der Waals surface area contributed by atoms with E-state index in [1.54, 1.807) is 0 Å². The molecule has 1 rings (SSSR count). The van der Waals surface area contributed by atoms with Crippen LogP contribution in [-0.2, 0) is 0 Å². The molecule has 0 radical (unpaired) electrons. The SMILES string of the molecule is C=CC1C(=C)C(C)=C(C)C(C)=C1C. The van der Waals surface area contributed by atoms with Crippen LogP contribution in [0.1, 0.15) is 27.7 Å². The normalized spacial score (nSPS) is 24.0. The first-order chi connectivity index (χ1) is 6.00. The van der Waals surface area contributed by atoms with E-state index in [1.165, 1.54) is 27.9 Å². The Morgan fingerprint density at radius 3 is 2.00 bits per heavy atom. The van der Waals surface area contributed by atoms with Crippen LogP contribution in [0.4, 0.5) is 0 Å². The van der Waals surface area contributed by atoms with Gasteiger partial charge in [-0.2, -0.15) is 0 Å². The maximum absolute atomic E-state index is 4.12. The van der Waals surface area contributed by atoms with Crippen molar-refractivity contribution in [1.29, 1.82) is 0 Å². The summed E-state index contributed by atoms with van der Waals surface area (Å²) in [5.41, 5.74) is 6.70. The Morgan fingerprint density at radius 1 is 1.00 bits per heavy atom. The highest BCUT2D eigenvalue weighted by molar-refractivity contribution is 5.52. The van der Waals surface area contributed by atoms with Crippen LogP contribution in [0.25, 0.3) is 0 Å². The average molecular weight is 174 g/mol. The predicted octanol–water partition coefficient (Wildman–Crippen LogP) is 4.03. The summed E-state index contributed by atoms with van der Waals surface area (Å²) in [4.78, 5) is 0. The van der Waals surface area contributed by atoms with Crippen LogP contribution in [0.15, 0.2) is 47.1 Å². The molecule has 0 aliphatic heterocycles. The van der Waals surface area contributed by atoms with Gasteiger partial charge >= 0.3 is 0 Å². The Hall–Kier alpha value is -1.04. The molecule has 0 heteroatoms. The second-order valence-electron chi connectivity index (χ2n) is 3.80. The van der Waals surface area contributed by atoms with Crippen LogP contribution >= 0.6 is 0 Å². The molecular weight excluding hydrogens is 156 g/mol. The molecule has 0 saturated heterocycles. The molecule has 0 nitrogen and oxygen atoms in total. The summed E-state index contributed by atoms with van der Waals surface area (Å²) < 4.78 is 0. The maximum atomic E-state index is 4.12. The highest BCUT2D eigenvalue weighted by atomic mass is 14.3. The lowest BCUT2D eigenvalue weighted by molar-refractivity contribution is 0.858. The molecule has 1 aliphatic rings. The van der Waals surface area contributed by atoms with Crippen molar-refractivity contribution in [3.05, 3.63) is 47.1 Å².